The molecule has 1 heterocycles. The second kappa shape index (κ2) is 5.97. The minimum Gasteiger partial charge on any atom is -0.315 e. The van der Waals surface area contributed by atoms with E-state index in [1.165, 1.54) is 16.1 Å². The molecule has 0 saturated carbocycles. The predicted octanol–water partition coefficient (Wildman–Crippen LogP) is 3.51. The summed E-state index contributed by atoms with van der Waals surface area (Å²) in [5.41, 5.74) is 3.51. The Kier molecular flexibility index (Phi) is 4.32. The lowest BCUT2D eigenvalue weighted by Crippen LogP contribution is -2.16. The molecule has 0 aliphatic carbocycles. The maximum atomic E-state index is 4.35. The van der Waals surface area contributed by atoms with Crippen molar-refractivity contribution in [1.29, 1.82) is 0 Å². The Morgan fingerprint density at radius 2 is 1.84 bits per heavy atom. The summed E-state index contributed by atoms with van der Waals surface area (Å²) in [6.07, 6.45) is 0. The van der Waals surface area contributed by atoms with E-state index in [0.717, 1.165) is 17.1 Å². The predicted molar refractivity (Wildman–Crippen MR) is 81.7 cm³/mol. The van der Waals surface area contributed by atoms with Crippen LogP contribution in [0.25, 0.3) is 0 Å². The van der Waals surface area contributed by atoms with Crippen molar-refractivity contribution >= 4 is 17.0 Å². The molecule has 1 aromatic heterocycles. The van der Waals surface area contributed by atoms with Gasteiger partial charge in [0.05, 0.1) is 6.54 Å². The van der Waals surface area contributed by atoms with E-state index in [0.29, 0.717) is 0 Å². The van der Waals surface area contributed by atoms with Gasteiger partial charge in [0, 0.05) is 16.3 Å². The van der Waals surface area contributed by atoms with Crippen LogP contribution in [-0.4, -0.2) is 10.3 Å². The van der Waals surface area contributed by atoms with Gasteiger partial charge in [0.15, 0.2) is 0 Å². The summed E-state index contributed by atoms with van der Waals surface area (Å²) in [6.45, 7) is 9.02. The van der Waals surface area contributed by atoms with Crippen LogP contribution < -0.4 is 4.80 Å². The molecule has 0 fully saturated rings. The highest BCUT2D eigenvalue weighted by atomic mass is 32.1. The standard InChI is InChI=1S/C15H19N3S/c1-11(2)16-17-15-18(12(3)13(4)19-15)10-14-8-6-5-7-9-14/h5-9H,10H2,1-4H3/b17-15-. The van der Waals surface area contributed by atoms with Crippen LogP contribution in [0.1, 0.15) is 30.0 Å². The third kappa shape index (κ3) is 3.41. The van der Waals surface area contributed by atoms with Gasteiger partial charge in [-0.1, -0.05) is 30.3 Å². The number of aromatic nitrogens is 1. The molecular weight excluding hydrogens is 254 g/mol. The highest BCUT2D eigenvalue weighted by Crippen LogP contribution is 2.12. The number of aryl methyl sites for hydroxylation is 1. The van der Waals surface area contributed by atoms with E-state index in [-0.39, 0.29) is 0 Å². The molecule has 0 aliphatic rings. The van der Waals surface area contributed by atoms with E-state index in [2.05, 4.69) is 52.9 Å². The first-order valence-electron chi connectivity index (χ1n) is 6.33. The van der Waals surface area contributed by atoms with E-state index in [1.54, 1.807) is 11.3 Å². The third-order valence-corrected chi connectivity index (χ3v) is 3.99. The van der Waals surface area contributed by atoms with Crippen molar-refractivity contribution < 1.29 is 0 Å². The van der Waals surface area contributed by atoms with Gasteiger partial charge in [-0.25, -0.2) is 0 Å². The van der Waals surface area contributed by atoms with Crippen LogP contribution in [0.4, 0.5) is 0 Å². The molecule has 19 heavy (non-hydrogen) atoms. The van der Waals surface area contributed by atoms with Crippen molar-refractivity contribution in [2.24, 2.45) is 10.2 Å². The smallest absolute Gasteiger partial charge is 0.211 e. The van der Waals surface area contributed by atoms with Gasteiger partial charge in [-0.15, -0.1) is 16.4 Å². The van der Waals surface area contributed by atoms with Gasteiger partial charge in [0.1, 0.15) is 0 Å². The van der Waals surface area contributed by atoms with E-state index >= 15 is 0 Å². The monoisotopic (exact) mass is 273 g/mol. The number of nitrogens with zero attached hydrogens (tertiary/aromatic N) is 3. The molecule has 0 atom stereocenters. The zero-order valence-electron chi connectivity index (χ0n) is 11.8. The summed E-state index contributed by atoms with van der Waals surface area (Å²) >= 11 is 1.69. The normalized spacial score (nSPS) is 11.7. The van der Waals surface area contributed by atoms with Gasteiger partial charge in [-0.05, 0) is 33.3 Å². The van der Waals surface area contributed by atoms with Gasteiger partial charge in [0.25, 0.3) is 0 Å². The summed E-state index contributed by atoms with van der Waals surface area (Å²) in [6, 6.07) is 10.4. The lowest BCUT2D eigenvalue weighted by molar-refractivity contribution is 0.731. The highest BCUT2D eigenvalue weighted by molar-refractivity contribution is 7.09. The Morgan fingerprint density at radius 1 is 1.16 bits per heavy atom. The Hall–Kier alpha value is -1.68. The van der Waals surface area contributed by atoms with Crippen molar-refractivity contribution in [3.05, 3.63) is 51.3 Å². The quantitative estimate of drug-likeness (QED) is 0.605. The van der Waals surface area contributed by atoms with Crippen LogP contribution in [-0.2, 0) is 6.54 Å². The molecule has 0 spiro atoms. The molecule has 0 amide bonds. The van der Waals surface area contributed by atoms with E-state index in [1.807, 2.05) is 19.9 Å². The fourth-order valence-corrected chi connectivity index (χ4v) is 2.69. The van der Waals surface area contributed by atoms with Crippen molar-refractivity contribution in [2.45, 2.75) is 34.2 Å². The summed E-state index contributed by atoms with van der Waals surface area (Å²) in [7, 11) is 0. The maximum absolute atomic E-state index is 4.35. The van der Waals surface area contributed by atoms with Crippen LogP contribution in [0.2, 0.25) is 0 Å². The number of rotatable bonds is 3. The van der Waals surface area contributed by atoms with Crippen LogP contribution in [0.3, 0.4) is 0 Å². The van der Waals surface area contributed by atoms with Crippen molar-refractivity contribution in [3.8, 4) is 0 Å². The second-order valence-corrected chi connectivity index (χ2v) is 5.93. The summed E-state index contributed by atoms with van der Waals surface area (Å²) in [5.74, 6) is 0. The molecular formula is C15H19N3S. The van der Waals surface area contributed by atoms with Gasteiger partial charge < -0.3 is 4.57 Å². The molecule has 2 aromatic rings. The second-order valence-electron chi connectivity index (χ2n) is 4.75. The highest BCUT2D eigenvalue weighted by Gasteiger charge is 2.06. The fourth-order valence-electron chi connectivity index (χ4n) is 1.77. The first kappa shape index (κ1) is 13.7. The van der Waals surface area contributed by atoms with Crippen molar-refractivity contribution in [1.82, 2.24) is 4.57 Å². The minimum absolute atomic E-state index is 0.841. The average molecular weight is 273 g/mol. The number of thiazole rings is 1. The lowest BCUT2D eigenvalue weighted by atomic mass is 10.2. The van der Waals surface area contributed by atoms with Crippen LogP contribution in [0.15, 0.2) is 40.5 Å². The number of hydrogen-bond acceptors (Lipinski definition) is 3. The molecule has 0 N–H and O–H groups in total. The molecule has 4 heteroatoms. The Morgan fingerprint density at radius 3 is 2.47 bits per heavy atom. The Balaban J connectivity index is 2.45. The molecule has 1 aromatic carbocycles. The Bertz CT molecular complexity index is 644. The maximum Gasteiger partial charge on any atom is 0.211 e. The fraction of sp³-hybridized carbons (Fsp3) is 0.333. The molecule has 3 nitrogen and oxygen atoms in total. The van der Waals surface area contributed by atoms with Gasteiger partial charge in [-0.2, -0.15) is 5.10 Å². The molecule has 0 saturated heterocycles. The van der Waals surface area contributed by atoms with Gasteiger partial charge in [0.2, 0.25) is 4.80 Å². The van der Waals surface area contributed by atoms with E-state index in [9.17, 15) is 0 Å². The summed E-state index contributed by atoms with van der Waals surface area (Å²) < 4.78 is 2.22. The number of hydrogen-bond donors (Lipinski definition) is 0. The minimum atomic E-state index is 0.841. The van der Waals surface area contributed by atoms with E-state index in [4.69, 9.17) is 0 Å². The van der Waals surface area contributed by atoms with E-state index < -0.39 is 0 Å². The molecule has 2 rings (SSSR count). The Labute approximate surface area is 118 Å². The van der Waals surface area contributed by atoms with Gasteiger partial charge in [-0.3, -0.25) is 0 Å². The topological polar surface area (TPSA) is 29.6 Å². The average Bonchev–Trinajstić information content (AvgIpc) is 2.65. The molecule has 0 radical (unpaired) electrons. The first-order chi connectivity index (χ1) is 9.08. The largest absolute Gasteiger partial charge is 0.315 e. The van der Waals surface area contributed by atoms with Crippen molar-refractivity contribution in [3.63, 3.8) is 0 Å². The molecule has 100 valence electrons. The van der Waals surface area contributed by atoms with Gasteiger partial charge >= 0.3 is 0 Å². The SMILES string of the molecule is CC(C)=N/N=c1\sc(C)c(C)n1Cc1ccccc1. The van der Waals surface area contributed by atoms with Crippen LogP contribution in [0.5, 0.6) is 0 Å². The molecule has 0 bridgehead atoms. The zero-order valence-corrected chi connectivity index (χ0v) is 12.7. The first-order valence-corrected chi connectivity index (χ1v) is 7.15. The lowest BCUT2D eigenvalue weighted by Gasteiger charge is -2.06. The summed E-state index contributed by atoms with van der Waals surface area (Å²) in [4.78, 5) is 2.25. The van der Waals surface area contributed by atoms with Crippen molar-refractivity contribution in [2.75, 3.05) is 0 Å². The molecule has 0 unspecified atom stereocenters. The number of benzene rings is 1. The molecule has 0 aliphatic heterocycles. The summed E-state index contributed by atoms with van der Waals surface area (Å²) in [5, 5.41) is 8.54. The van der Waals surface area contributed by atoms with Crippen LogP contribution in [0, 0.1) is 13.8 Å². The van der Waals surface area contributed by atoms with Crippen LogP contribution >= 0.6 is 11.3 Å². The zero-order chi connectivity index (χ0) is 13.8. The third-order valence-electron chi connectivity index (χ3n) is 2.91.